The van der Waals surface area contributed by atoms with Gasteiger partial charge in [0.1, 0.15) is 11.0 Å². The van der Waals surface area contributed by atoms with Crippen molar-refractivity contribution in [2.45, 2.75) is 6.92 Å². The highest BCUT2D eigenvalue weighted by atomic mass is 32.1. The van der Waals surface area contributed by atoms with Gasteiger partial charge in [0.25, 0.3) is 5.91 Å². The molecule has 1 amide bonds. The van der Waals surface area contributed by atoms with Gasteiger partial charge in [-0.15, -0.1) is 0 Å². The van der Waals surface area contributed by atoms with E-state index in [9.17, 15) is 4.79 Å². The zero-order chi connectivity index (χ0) is 13.2. The first-order valence-corrected chi connectivity index (χ1v) is 6.42. The number of aryl methyl sites for hydroxylation is 1. The van der Waals surface area contributed by atoms with Crippen molar-refractivity contribution in [2.75, 3.05) is 5.32 Å². The molecule has 3 rings (SSSR count). The van der Waals surface area contributed by atoms with Gasteiger partial charge in [-0.05, 0) is 30.7 Å². The summed E-state index contributed by atoms with van der Waals surface area (Å²) in [6, 6.07) is 7.26. The molecule has 2 heterocycles. The lowest BCUT2D eigenvalue weighted by molar-refractivity contribution is 0.102. The number of nitrogens with one attached hydrogen (secondary N) is 1. The number of hydrogen-bond donors (Lipinski definition) is 1. The van der Waals surface area contributed by atoms with Crippen LogP contribution in [0.2, 0.25) is 0 Å². The second-order valence-corrected chi connectivity index (χ2v) is 4.61. The molecule has 0 saturated heterocycles. The molecule has 1 N–H and O–H groups in total. The van der Waals surface area contributed by atoms with Crippen molar-refractivity contribution in [3.05, 3.63) is 47.8 Å². The van der Waals surface area contributed by atoms with Crippen LogP contribution in [0, 0.1) is 6.92 Å². The Hall–Kier alpha value is -2.34. The van der Waals surface area contributed by atoms with Crippen LogP contribution in [0.3, 0.4) is 0 Å². The largest absolute Gasteiger partial charge is 0.320 e. The predicted octanol–water partition coefficient (Wildman–Crippen LogP) is 2.65. The minimum Gasteiger partial charge on any atom is -0.320 e. The molecule has 94 valence electrons. The van der Waals surface area contributed by atoms with Gasteiger partial charge in [-0.1, -0.05) is 6.07 Å². The molecule has 0 fully saturated rings. The lowest BCUT2D eigenvalue weighted by Crippen LogP contribution is -2.13. The van der Waals surface area contributed by atoms with E-state index in [4.69, 9.17) is 0 Å². The first kappa shape index (κ1) is 11.7. The van der Waals surface area contributed by atoms with E-state index in [0.717, 1.165) is 28.3 Å². The average molecular weight is 270 g/mol. The number of benzene rings is 1. The summed E-state index contributed by atoms with van der Waals surface area (Å²) in [5.74, 6) is -0.197. The van der Waals surface area contributed by atoms with Gasteiger partial charge < -0.3 is 5.32 Å². The smallest absolute Gasteiger partial charge is 0.257 e. The Kier molecular flexibility index (Phi) is 2.92. The maximum atomic E-state index is 12.1. The second-order valence-electron chi connectivity index (χ2n) is 4.09. The summed E-state index contributed by atoms with van der Waals surface area (Å²) < 4.78 is 8.39. The maximum Gasteiger partial charge on any atom is 0.257 e. The monoisotopic (exact) mass is 270 g/mol. The molecule has 0 atom stereocenters. The summed E-state index contributed by atoms with van der Waals surface area (Å²) in [5, 5.41) is 2.88. The maximum absolute atomic E-state index is 12.1. The van der Waals surface area contributed by atoms with Gasteiger partial charge >= 0.3 is 0 Å². The molecule has 0 saturated carbocycles. The molecule has 6 heteroatoms. The fourth-order valence-electron chi connectivity index (χ4n) is 1.79. The number of amides is 1. The quantitative estimate of drug-likeness (QED) is 0.777. The Labute approximate surface area is 113 Å². The van der Waals surface area contributed by atoms with Crippen molar-refractivity contribution in [3.8, 4) is 0 Å². The number of fused-ring (bicyclic) bond motifs is 1. The number of anilines is 1. The Morgan fingerprint density at radius 3 is 2.95 bits per heavy atom. The van der Waals surface area contributed by atoms with Gasteiger partial charge in [0, 0.05) is 12.4 Å². The molecule has 0 radical (unpaired) electrons. The molecule has 0 aliphatic carbocycles. The standard InChI is InChI=1S/C13H10N4OS/c1-8-4-5-10-12(17-19-16-10)11(8)15-13(18)9-3-2-6-14-7-9/h2-7H,1H3,(H,15,18). The summed E-state index contributed by atoms with van der Waals surface area (Å²) in [7, 11) is 0. The molecule has 1 aromatic carbocycles. The van der Waals surface area contributed by atoms with Crippen molar-refractivity contribution in [2.24, 2.45) is 0 Å². The Morgan fingerprint density at radius 1 is 1.26 bits per heavy atom. The van der Waals surface area contributed by atoms with E-state index in [2.05, 4.69) is 19.0 Å². The van der Waals surface area contributed by atoms with Crippen molar-refractivity contribution in [1.82, 2.24) is 13.7 Å². The minimum atomic E-state index is -0.197. The molecule has 19 heavy (non-hydrogen) atoms. The summed E-state index contributed by atoms with van der Waals surface area (Å²) in [4.78, 5) is 16.1. The molecule has 0 aliphatic rings. The van der Waals surface area contributed by atoms with Gasteiger partial charge in [0.05, 0.1) is 23.0 Å². The third-order valence-electron chi connectivity index (χ3n) is 2.80. The molecule has 0 spiro atoms. The van der Waals surface area contributed by atoms with E-state index in [0.29, 0.717) is 11.3 Å². The number of rotatable bonds is 2. The predicted molar refractivity (Wildman–Crippen MR) is 74.3 cm³/mol. The van der Waals surface area contributed by atoms with E-state index in [1.807, 2.05) is 19.1 Å². The van der Waals surface area contributed by atoms with E-state index >= 15 is 0 Å². The molecular weight excluding hydrogens is 260 g/mol. The summed E-state index contributed by atoms with van der Waals surface area (Å²) in [6.45, 7) is 1.93. The van der Waals surface area contributed by atoms with Gasteiger partial charge in [-0.2, -0.15) is 8.75 Å². The number of carbonyl (C=O) groups excluding carboxylic acids is 1. The average Bonchev–Trinajstić information content (AvgIpc) is 2.91. The fourth-order valence-corrected chi connectivity index (χ4v) is 2.34. The zero-order valence-corrected chi connectivity index (χ0v) is 10.9. The van der Waals surface area contributed by atoms with E-state index < -0.39 is 0 Å². The van der Waals surface area contributed by atoms with Gasteiger partial charge in [0.2, 0.25) is 0 Å². The second kappa shape index (κ2) is 4.74. The zero-order valence-electron chi connectivity index (χ0n) is 10.1. The number of nitrogens with zero attached hydrogens (tertiary/aromatic N) is 3. The Bertz CT molecular complexity index is 739. The van der Waals surface area contributed by atoms with Crippen LogP contribution in [0.4, 0.5) is 5.69 Å². The Balaban J connectivity index is 2.00. The SMILES string of the molecule is Cc1ccc2nsnc2c1NC(=O)c1cccnc1. The number of pyridine rings is 1. The normalized spacial score (nSPS) is 10.6. The molecule has 0 bridgehead atoms. The number of hydrogen-bond acceptors (Lipinski definition) is 5. The third kappa shape index (κ3) is 2.17. The van der Waals surface area contributed by atoms with Crippen LogP contribution in [-0.4, -0.2) is 19.6 Å². The highest BCUT2D eigenvalue weighted by Crippen LogP contribution is 2.25. The lowest BCUT2D eigenvalue weighted by Gasteiger charge is -2.08. The van der Waals surface area contributed by atoms with Crippen LogP contribution >= 0.6 is 11.7 Å². The summed E-state index contributed by atoms with van der Waals surface area (Å²) in [5.41, 5.74) is 3.69. The van der Waals surface area contributed by atoms with Gasteiger partial charge in [-0.25, -0.2) is 0 Å². The van der Waals surface area contributed by atoms with Crippen LogP contribution in [-0.2, 0) is 0 Å². The van der Waals surface area contributed by atoms with Crippen molar-refractivity contribution in [1.29, 1.82) is 0 Å². The molecule has 5 nitrogen and oxygen atoms in total. The van der Waals surface area contributed by atoms with E-state index in [-0.39, 0.29) is 5.91 Å². The number of aromatic nitrogens is 3. The highest BCUT2D eigenvalue weighted by Gasteiger charge is 2.12. The van der Waals surface area contributed by atoms with Gasteiger partial charge in [-0.3, -0.25) is 9.78 Å². The number of carbonyl (C=O) groups is 1. The molecule has 0 aliphatic heterocycles. The Morgan fingerprint density at radius 2 is 2.16 bits per heavy atom. The van der Waals surface area contributed by atoms with E-state index in [1.54, 1.807) is 18.3 Å². The van der Waals surface area contributed by atoms with Gasteiger partial charge in [0.15, 0.2) is 0 Å². The van der Waals surface area contributed by atoms with Crippen LogP contribution in [0.5, 0.6) is 0 Å². The summed E-state index contributed by atoms with van der Waals surface area (Å²) in [6.07, 6.45) is 3.16. The van der Waals surface area contributed by atoms with Crippen LogP contribution in [0.15, 0.2) is 36.7 Å². The third-order valence-corrected chi connectivity index (χ3v) is 3.34. The topological polar surface area (TPSA) is 67.8 Å². The molecular formula is C13H10N4OS. The van der Waals surface area contributed by atoms with Crippen LogP contribution in [0.1, 0.15) is 15.9 Å². The van der Waals surface area contributed by atoms with E-state index in [1.165, 1.54) is 6.20 Å². The first-order chi connectivity index (χ1) is 9.25. The van der Waals surface area contributed by atoms with Crippen LogP contribution in [0.25, 0.3) is 11.0 Å². The molecule has 0 unspecified atom stereocenters. The molecule has 2 aromatic heterocycles. The first-order valence-electron chi connectivity index (χ1n) is 5.69. The highest BCUT2D eigenvalue weighted by molar-refractivity contribution is 7.00. The fraction of sp³-hybridized carbons (Fsp3) is 0.0769. The molecule has 3 aromatic rings. The van der Waals surface area contributed by atoms with Crippen molar-refractivity contribution in [3.63, 3.8) is 0 Å². The summed E-state index contributed by atoms with van der Waals surface area (Å²) >= 11 is 1.13. The van der Waals surface area contributed by atoms with Crippen molar-refractivity contribution < 1.29 is 4.79 Å². The van der Waals surface area contributed by atoms with Crippen LogP contribution < -0.4 is 5.32 Å². The minimum absolute atomic E-state index is 0.197. The lowest BCUT2D eigenvalue weighted by atomic mass is 10.1. The van der Waals surface area contributed by atoms with Crippen molar-refractivity contribution >= 4 is 34.4 Å².